The second-order valence-corrected chi connectivity index (χ2v) is 6.35. The van der Waals surface area contributed by atoms with E-state index in [9.17, 15) is 4.79 Å². The van der Waals surface area contributed by atoms with Gasteiger partial charge in [0.25, 0.3) is 5.95 Å². The van der Waals surface area contributed by atoms with Crippen molar-refractivity contribution in [3.63, 3.8) is 0 Å². The molecular formula is C13H21N7OS. The van der Waals surface area contributed by atoms with Crippen molar-refractivity contribution in [3.8, 4) is 5.95 Å². The van der Waals surface area contributed by atoms with E-state index in [4.69, 9.17) is 5.84 Å². The SMILES string of the molecule is CCCNC(=O)C(C)Sc1nnc(-n2nc(C)cc2C)n1N. The van der Waals surface area contributed by atoms with Crippen molar-refractivity contribution in [1.82, 2.24) is 30.0 Å². The maximum absolute atomic E-state index is 11.9. The first-order chi connectivity index (χ1) is 10.4. The molecule has 2 heterocycles. The molecule has 9 heteroatoms. The van der Waals surface area contributed by atoms with Gasteiger partial charge in [-0.15, -0.1) is 10.2 Å². The number of hydrogen-bond acceptors (Lipinski definition) is 6. The van der Waals surface area contributed by atoms with Crippen LogP contribution < -0.4 is 11.2 Å². The summed E-state index contributed by atoms with van der Waals surface area (Å²) in [7, 11) is 0. The van der Waals surface area contributed by atoms with Gasteiger partial charge in [-0.2, -0.15) is 5.10 Å². The van der Waals surface area contributed by atoms with E-state index in [1.807, 2.05) is 33.8 Å². The van der Waals surface area contributed by atoms with E-state index < -0.39 is 0 Å². The first-order valence-corrected chi connectivity index (χ1v) is 8.00. The number of thioether (sulfide) groups is 1. The number of aryl methyl sites for hydroxylation is 2. The van der Waals surface area contributed by atoms with Crippen LogP contribution in [-0.4, -0.2) is 42.4 Å². The van der Waals surface area contributed by atoms with Gasteiger partial charge in [-0.25, -0.2) is 9.36 Å². The quantitative estimate of drug-likeness (QED) is 0.602. The molecule has 22 heavy (non-hydrogen) atoms. The van der Waals surface area contributed by atoms with Crippen molar-refractivity contribution < 1.29 is 4.79 Å². The molecule has 0 fully saturated rings. The van der Waals surface area contributed by atoms with Crippen LogP contribution in [0.25, 0.3) is 5.95 Å². The summed E-state index contributed by atoms with van der Waals surface area (Å²) < 4.78 is 2.99. The van der Waals surface area contributed by atoms with Crippen molar-refractivity contribution in [3.05, 3.63) is 17.5 Å². The molecule has 2 aromatic heterocycles. The van der Waals surface area contributed by atoms with Crippen LogP contribution in [0.5, 0.6) is 0 Å². The van der Waals surface area contributed by atoms with Gasteiger partial charge >= 0.3 is 0 Å². The lowest BCUT2D eigenvalue weighted by molar-refractivity contribution is -0.120. The number of nitrogens with one attached hydrogen (secondary N) is 1. The predicted molar refractivity (Wildman–Crippen MR) is 85.4 cm³/mol. The van der Waals surface area contributed by atoms with E-state index in [1.54, 1.807) is 4.68 Å². The standard InChI is InChI=1S/C13H21N7OS/c1-5-6-15-11(21)10(4)22-13-17-16-12(19(13)14)20-9(3)7-8(2)18-20/h7,10H,5-6,14H2,1-4H3,(H,15,21). The Morgan fingerprint density at radius 2 is 2.18 bits per heavy atom. The van der Waals surface area contributed by atoms with Gasteiger partial charge in [-0.05, 0) is 33.3 Å². The summed E-state index contributed by atoms with van der Waals surface area (Å²) in [6.45, 7) is 8.30. The highest BCUT2D eigenvalue weighted by molar-refractivity contribution is 8.00. The van der Waals surface area contributed by atoms with E-state index >= 15 is 0 Å². The highest BCUT2D eigenvalue weighted by atomic mass is 32.2. The number of hydrogen-bond donors (Lipinski definition) is 2. The smallest absolute Gasteiger partial charge is 0.271 e. The largest absolute Gasteiger partial charge is 0.355 e. The molecule has 2 rings (SSSR count). The number of carbonyl (C=O) groups excluding carboxylic acids is 1. The van der Waals surface area contributed by atoms with Crippen molar-refractivity contribution in [2.24, 2.45) is 0 Å². The maximum atomic E-state index is 11.9. The molecule has 1 unspecified atom stereocenters. The minimum atomic E-state index is -0.300. The number of nitrogens with zero attached hydrogens (tertiary/aromatic N) is 5. The van der Waals surface area contributed by atoms with Gasteiger partial charge < -0.3 is 11.2 Å². The van der Waals surface area contributed by atoms with Crippen molar-refractivity contribution in [1.29, 1.82) is 0 Å². The third-order valence-electron chi connectivity index (χ3n) is 3.05. The minimum Gasteiger partial charge on any atom is -0.355 e. The molecule has 3 N–H and O–H groups in total. The van der Waals surface area contributed by atoms with Crippen LogP contribution in [-0.2, 0) is 4.79 Å². The second-order valence-electron chi connectivity index (χ2n) is 5.04. The average molecular weight is 323 g/mol. The zero-order chi connectivity index (χ0) is 16.3. The number of nitrogens with two attached hydrogens (primary N) is 1. The van der Waals surface area contributed by atoms with Gasteiger partial charge in [0.15, 0.2) is 0 Å². The van der Waals surface area contributed by atoms with Gasteiger partial charge in [-0.1, -0.05) is 18.7 Å². The molecule has 0 saturated heterocycles. The van der Waals surface area contributed by atoms with Gasteiger partial charge in [-0.3, -0.25) is 4.79 Å². The lowest BCUT2D eigenvalue weighted by atomic mass is 10.4. The molecule has 0 aliphatic rings. The second kappa shape index (κ2) is 6.82. The van der Waals surface area contributed by atoms with Crippen molar-refractivity contribution in [2.75, 3.05) is 12.4 Å². The number of aromatic nitrogens is 5. The molecule has 0 aliphatic heterocycles. The molecule has 0 spiro atoms. The highest BCUT2D eigenvalue weighted by Gasteiger charge is 2.20. The molecule has 0 radical (unpaired) electrons. The van der Waals surface area contributed by atoms with E-state index in [2.05, 4.69) is 20.6 Å². The highest BCUT2D eigenvalue weighted by Crippen LogP contribution is 2.22. The molecule has 2 aromatic rings. The van der Waals surface area contributed by atoms with Crippen LogP contribution in [0.3, 0.4) is 0 Å². The van der Waals surface area contributed by atoms with Crippen LogP contribution in [0.4, 0.5) is 0 Å². The Kier molecular flexibility index (Phi) is 5.07. The Hall–Kier alpha value is -2.03. The van der Waals surface area contributed by atoms with E-state index in [0.29, 0.717) is 17.6 Å². The Morgan fingerprint density at radius 1 is 1.45 bits per heavy atom. The molecule has 120 valence electrons. The molecule has 0 bridgehead atoms. The fourth-order valence-corrected chi connectivity index (χ4v) is 2.72. The van der Waals surface area contributed by atoms with Gasteiger partial charge in [0.2, 0.25) is 11.1 Å². The lowest BCUT2D eigenvalue weighted by Gasteiger charge is -2.10. The monoisotopic (exact) mass is 323 g/mol. The third kappa shape index (κ3) is 3.41. The summed E-state index contributed by atoms with van der Waals surface area (Å²) in [6.07, 6.45) is 0.901. The van der Waals surface area contributed by atoms with Crippen molar-refractivity contribution >= 4 is 17.7 Å². The van der Waals surface area contributed by atoms with E-state index in [0.717, 1.165) is 17.8 Å². The first-order valence-electron chi connectivity index (χ1n) is 7.12. The van der Waals surface area contributed by atoms with E-state index in [-0.39, 0.29) is 11.2 Å². The van der Waals surface area contributed by atoms with Crippen molar-refractivity contribution in [2.45, 2.75) is 44.5 Å². The molecule has 1 amide bonds. The van der Waals surface area contributed by atoms with Crippen LogP contribution in [0.2, 0.25) is 0 Å². The Balaban J connectivity index is 2.14. The van der Waals surface area contributed by atoms with Crippen LogP contribution in [0.15, 0.2) is 11.2 Å². The molecule has 0 aliphatic carbocycles. The predicted octanol–water partition coefficient (Wildman–Crippen LogP) is 0.801. The molecule has 0 aromatic carbocycles. The van der Waals surface area contributed by atoms with Gasteiger partial charge in [0, 0.05) is 12.2 Å². The normalized spacial score (nSPS) is 12.4. The summed E-state index contributed by atoms with van der Waals surface area (Å²) >= 11 is 1.27. The molecule has 1 atom stereocenters. The van der Waals surface area contributed by atoms with E-state index in [1.165, 1.54) is 16.4 Å². The summed E-state index contributed by atoms with van der Waals surface area (Å²) in [5.41, 5.74) is 1.80. The fraction of sp³-hybridized carbons (Fsp3) is 0.538. The zero-order valence-electron chi connectivity index (χ0n) is 13.2. The lowest BCUT2D eigenvalue weighted by Crippen LogP contribution is -2.31. The topological polar surface area (TPSA) is 104 Å². The number of carbonyl (C=O) groups is 1. The summed E-state index contributed by atoms with van der Waals surface area (Å²) in [5.74, 6) is 6.43. The third-order valence-corrected chi connectivity index (χ3v) is 4.10. The van der Waals surface area contributed by atoms with Gasteiger partial charge in [0.05, 0.1) is 10.9 Å². The number of nitrogen functional groups attached to an aromatic ring is 1. The maximum Gasteiger partial charge on any atom is 0.271 e. The summed E-state index contributed by atoms with van der Waals surface area (Å²) in [6, 6.07) is 1.93. The summed E-state index contributed by atoms with van der Waals surface area (Å²) in [4.78, 5) is 11.9. The van der Waals surface area contributed by atoms with Crippen LogP contribution >= 0.6 is 11.8 Å². The number of rotatable bonds is 6. The molecular weight excluding hydrogens is 302 g/mol. The van der Waals surface area contributed by atoms with Gasteiger partial charge in [0.1, 0.15) is 0 Å². The minimum absolute atomic E-state index is 0.0393. The number of amides is 1. The average Bonchev–Trinajstić information content (AvgIpc) is 2.99. The van der Waals surface area contributed by atoms with Crippen LogP contribution in [0, 0.1) is 13.8 Å². The fourth-order valence-electron chi connectivity index (χ4n) is 1.93. The Labute approximate surface area is 133 Å². The zero-order valence-corrected chi connectivity index (χ0v) is 14.0. The van der Waals surface area contributed by atoms with Crippen LogP contribution in [0.1, 0.15) is 31.7 Å². The molecule has 0 saturated carbocycles. The summed E-state index contributed by atoms with van der Waals surface area (Å²) in [5, 5.41) is 15.5. The Bertz CT molecular complexity index is 663. The first kappa shape index (κ1) is 16.3. The molecule has 8 nitrogen and oxygen atoms in total. The Morgan fingerprint density at radius 3 is 2.77 bits per heavy atom.